The van der Waals surface area contributed by atoms with Gasteiger partial charge >= 0.3 is 0 Å². The molecule has 0 bridgehead atoms. The number of rotatable bonds is 1. The van der Waals surface area contributed by atoms with E-state index in [1.54, 1.807) is 13.0 Å². The number of hydrogen-bond donors (Lipinski definition) is 2. The molecule has 0 saturated carbocycles. The molecule has 5 nitrogen and oxygen atoms in total. The number of hydrogen-bond acceptors (Lipinski definition) is 4. The highest BCUT2D eigenvalue weighted by Crippen LogP contribution is 2.30. The molecular formula is C10H9NO4S. The van der Waals surface area contributed by atoms with Crippen LogP contribution in [0.3, 0.4) is 0 Å². The Balaban J connectivity index is 3.04. The van der Waals surface area contributed by atoms with Crippen molar-refractivity contribution in [2.75, 3.05) is 0 Å². The second-order valence-electron chi connectivity index (χ2n) is 3.41. The molecule has 1 heterocycles. The van der Waals surface area contributed by atoms with Crippen molar-refractivity contribution >= 4 is 21.0 Å². The van der Waals surface area contributed by atoms with E-state index in [1.807, 2.05) is 0 Å². The smallest absolute Gasteiger partial charge is 0.295 e. The number of aromatic nitrogens is 1. The van der Waals surface area contributed by atoms with Crippen molar-refractivity contribution in [2.24, 2.45) is 0 Å². The minimum Gasteiger partial charge on any atom is -0.506 e. The lowest BCUT2D eigenvalue weighted by Gasteiger charge is -2.07. The minimum absolute atomic E-state index is 0.119. The fourth-order valence-electron chi connectivity index (χ4n) is 1.60. The lowest BCUT2D eigenvalue weighted by atomic mass is 10.1. The van der Waals surface area contributed by atoms with Crippen molar-refractivity contribution in [3.05, 3.63) is 30.0 Å². The van der Waals surface area contributed by atoms with E-state index in [9.17, 15) is 13.5 Å². The molecule has 0 aliphatic carbocycles. The highest BCUT2D eigenvalue weighted by Gasteiger charge is 2.17. The third kappa shape index (κ3) is 1.62. The Labute approximate surface area is 92.1 Å². The summed E-state index contributed by atoms with van der Waals surface area (Å²) in [5, 5.41) is 9.79. The van der Waals surface area contributed by atoms with Gasteiger partial charge in [0.25, 0.3) is 10.1 Å². The van der Waals surface area contributed by atoms with E-state index >= 15 is 0 Å². The molecule has 1 aromatic carbocycles. The number of aromatic hydroxyl groups is 1. The Morgan fingerprint density at radius 3 is 2.56 bits per heavy atom. The van der Waals surface area contributed by atoms with Crippen LogP contribution in [0.4, 0.5) is 0 Å². The largest absolute Gasteiger partial charge is 0.506 e. The molecule has 2 N–H and O–H groups in total. The van der Waals surface area contributed by atoms with Crippen molar-refractivity contribution < 1.29 is 18.1 Å². The van der Waals surface area contributed by atoms with Crippen molar-refractivity contribution in [2.45, 2.75) is 11.8 Å². The number of aryl methyl sites for hydroxylation is 1. The zero-order chi connectivity index (χ0) is 11.9. The van der Waals surface area contributed by atoms with E-state index in [-0.39, 0.29) is 21.5 Å². The Hall–Kier alpha value is -1.66. The van der Waals surface area contributed by atoms with Gasteiger partial charge in [-0.3, -0.25) is 9.54 Å². The summed E-state index contributed by atoms with van der Waals surface area (Å²) < 4.78 is 31.4. The summed E-state index contributed by atoms with van der Waals surface area (Å²) in [4.78, 5) is 3.65. The molecule has 0 fully saturated rings. The zero-order valence-corrected chi connectivity index (χ0v) is 9.19. The van der Waals surface area contributed by atoms with Crippen molar-refractivity contribution in [3.8, 4) is 5.75 Å². The van der Waals surface area contributed by atoms with Crippen molar-refractivity contribution in [1.29, 1.82) is 0 Å². The quantitative estimate of drug-likeness (QED) is 0.736. The summed E-state index contributed by atoms with van der Waals surface area (Å²) in [6.07, 6.45) is 1.46. The maximum Gasteiger partial charge on any atom is 0.295 e. The van der Waals surface area contributed by atoms with Gasteiger partial charge in [-0.2, -0.15) is 8.42 Å². The molecule has 0 saturated heterocycles. The molecule has 6 heteroatoms. The molecule has 0 atom stereocenters. The van der Waals surface area contributed by atoms with Crippen LogP contribution in [0.2, 0.25) is 0 Å². The van der Waals surface area contributed by atoms with Gasteiger partial charge in [0.2, 0.25) is 0 Å². The summed E-state index contributed by atoms with van der Waals surface area (Å²) in [5.41, 5.74) is 0.781. The van der Waals surface area contributed by atoms with Gasteiger partial charge in [0.15, 0.2) is 0 Å². The normalized spacial score (nSPS) is 11.9. The first-order chi connectivity index (χ1) is 7.41. The summed E-state index contributed by atoms with van der Waals surface area (Å²) in [6.45, 7) is 1.68. The molecule has 0 spiro atoms. The predicted octanol–water partition coefficient (Wildman–Crippen LogP) is 1.50. The van der Waals surface area contributed by atoms with E-state index in [1.165, 1.54) is 12.3 Å². The van der Waals surface area contributed by atoms with Crippen LogP contribution in [0.15, 0.2) is 29.3 Å². The van der Waals surface area contributed by atoms with Gasteiger partial charge in [-0.05, 0) is 30.7 Å². The Morgan fingerprint density at radius 2 is 1.94 bits per heavy atom. The molecule has 0 aliphatic heterocycles. The number of nitrogens with zero attached hydrogens (tertiary/aromatic N) is 1. The third-order valence-corrected chi connectivity index (χ3v) is 3.21. The number of fused-ring (bicyclic) bond motifs is 1. The van der Waals surface area contributed by atoms with Gasteiger partial charge in [0, 0.05) is 11.6 Å². The fourth-order valence-corrected chi connectivity index (χ4v) is 2.35. The van der Waals surface area contributed by atoms with Gasteiger partial charge in [-0.1, -0.05) is 0 Å². The standard InChI is InChI=1S/C10H9NO4S/c1-6-4-5-11-10-7(12)2-3-8(9(6)10)16(13,14)15/h2-5,12H,1H3,(H,13,14,15). The number of pyridine rings is 1. The van der Waals surface area contributed by atoms with Gasteiger partial charge in [0.05, 0.1) is 0 Å². The van der Waals surface area contributed by atoms with Gasteiger partial charge in [0.1, 0.15) is 16.2 Å². The molecule has 0 radical (unpaired) electrons. The van der Waals surface area contributed by atoms with Crippen molar-refractivity contribution in [1.82, 2.24) is 4.98 Å². The van der Waals surface area contributed by atoms with Crippen molar-refractivity contribution in [3.63, 3.8) is 0 Å². The molecule has 0 amide bonds. The number of phenols is 1. The monoisotopic (exact) mass is 239 g/mol. The van der Waals surface area contributed by atoms with Crippen LogP contribution in [-0.2, 0) is 10.1 Å². The fraction of sp³-hybridized carbons (Fsp3) is 0.100. The molecule has 2 aromatic rings. The second-order valence-corrected chi connectivity index (χ2v) is 4.80. The first-order valence-electron chi connectivity index (χ1n) is 4.46. The molecule has 16 heavy (non-hydrogen) atoms. The van der Waals surface area contributed by atoms with Crippen LogP contribution in [-0.4, -0.2) is 23.1 Å². The highest BCUT2D eigenvalue weighted by molar-refractivity contribution is 7.86. The van der Waals surface area contributed by atoms with E-state index in [2.05, 4.69) is 4.98 Å². The average molecular weight is 239 g/mol. The van der Waals surface area contributed by atoms with E-state index < -0.39 is 10.1 Å². The number of phenolic OH excluding ortho intramolecular Hbond substituents is 1. The first kappa shape index (κ1) is 10.8. The highest BCUT2D eigenvalue weighted by atomic mass is 32.2. The van der Waals surface area contributed by atoms with Crippen LogP contribution in [0, 0.1) is 6.92 Å². The van der Waals surface area contributed by atoms with Gasteiger partial charge in [-0.25, -0.2) is 0 Å². The average Bonchev–Trinajstić information content (AvgIpc) is 2.18. The SMILES string of the molecule is Cc1ccnc2c(O)ccc(S(=O)(=O)O)c12. The van der Waals surface area contributed by atoms with Crippen LogP contribution in [0.1, 0.15) is 5.56 Å². The minimum atomic E-state index is -4.32. The Morgan fingerprint density at radius 1 is 1.25 bits per heavy atom. The maximum atomic E-state index is 11.2. The summed E-state index contributed by atoms with van der Waals surface area (Å²) in [5.74, 6) is -0.119. The Bertz CT molecular complexity index is 664. The molecule has 1 aromatic heterocycles. The summed E-state index contributed by atoms with van der Waals surface area (Å²) in [7, 11) is -4.32. The molecular weight excluding hydrogens is 230 g/mol. The second kappa shape index (κ2) is 3.43. The third-order valence-electron chi connectivity index (χ3n) is 2.32. The number of benzene rings is 1. The van der Waals surface area contributed by atoms with Crippen LogP contribution >= 0.6 is 0 Å². The lowest BCUT2D eigenvalue weighted by molar-refractivity contribution is 0.478. The van der Waals surface area contributed by atoms with Gasteiger partial charge in [-0.15, -0.1) is 0 Å². The topological polar surface area (TPSA) is 87.5 Å². The van der Waals surface area contributed by atoms with E-state index in [0.29, 0.717) is 5.56 Å². The van der Waals surface area contributed by atoms with Crippen LogP contribution in [0.25, 0.3) is 10.9 Å². The summed E-state index contributed by atoms with van der Waals surface area (Å²) in [6, 6.07) is 3.95. The predicted molar refractivity (Wildman–Crippen MR) is 58.0 cm³/mol. The van der Waals surface area contributed by atoms with E-state index in [0.717, 1.165) is 6.07 Å². The van der Waals surface area contributed by atoms with E-state index in [4.69, 9.17) is 4.55 Å². The molecule has 0 unspecified atom stereocenters. The molecule has 84 valence electrons. The van der Waals surface area contributed by atoms with Crippen LogP contribution < -0.4 is 0 Å². The maximum absolute atomic E-state index is 11.2. The lowest BCUT2D eigenvalue weighted by Crippen LogP contribution is -2.00. The van der Waals surface area contributed by atoms with Gasteiger partial charge < -0.3 is 5.11 Å². The first-order valence-corrected chi connectivity index (χ1v) is 5.90. The summed E-state index contributed by atoms with van der Waals surface area (Å²) >= 11 is 0. The van der Waals surface area contributed by atoms with Crippen LogP contribution in [0.5, 0.6) is 5.75 Å². The molecule has 0 aliphatic rings. The Kier molecular flexibility index (Phi) is 2.32. The zero-order valence-electron chi connectivity index (χ0n) is 8.38. The molecule has 2 rings (SSSR count).